The molecule has 0 amide bonds. The van der Waals surface area contributed by atoms with E-state index in [1.54, 1.807) is 0 Å². The van der Waals surface area contributed by atoms with Crippen LogP contribution >= 0.6 is 46.3 Å². The Balaban J connectivity index is 1.40. The maximum Gasteiger partial charge on any atom is 0.303 e. The number of aromatic nitrogens is 1. The van der Waals surface area contributed by atoms with Crippen molar-refractivity contribution in [2.45, 2.75) is 57.7 Å². The molecule has 0 spiro atoms. The van der Waals surface area contributed by atoms with E-state index >= 15 is 0 Å². The number of pyridine rings is 1. The van der Waals surface area contributed by atoms with Crippen molar-refractivity contribution in [2.24, 2.45) is 5.41 Å². The number of carboxylic acids is 1. The van der Waals surface area contributed by atoms with E-state index in [2.05, 4.69) is 12.1 Å². The minimum atomic E-state index is -1.02. The van der Waals surface area contributed by atoms with E-state index in [-0.39, 0.29) is 24.4 Å². The number of thiophene rings is 1. The molecule has 0 aliphatic heterocycles. The van der Waals surface area contributed by atoms with Gasteiger partial charge in [-0.15, -0.1) is 11.3 Å². The van der Waals surface area contributed by atoms with E-state index in [1.807, 2.05) is 74.1 Å². The molecule has 5 rings (SSSR count). The molecule has 1 saturated carbocycles. The molecular formula is C32H33Cl2NO4S2. The summed E-state index contributed by atoms with van der Waals surface area (Å²) in [7, 11) is 0. The normalized spacial score (nSPS) is 15.1. The summed E-state index contributed by atoms with van der Waals surface area (Å²) in [6.45, 7) is 3.89. The van der Waals surface area contributed by atoms with Gasteiger partial charge >= 0.3 is 5.97 Å². The zero-order valence-corrected chi connectivity index (χ0v) is 26.2. The second kappa shape index (κ2) is 12.5. The molecule has 2 aromatic carbocycles. The first-order valence-electron chi connectivity index (χ1n) is 13.6. The molecule has 2 N–H and O–H groups in total. The molecule has 2 aromatic heterocycles. The summed E-state index contributed by atoms with van der Waals surface area (Å²) in [4.78, 5) is 16.0. The summed E-state index contributed by atoms with van der Waals surface area (Å²) < 4.78 is 7.85. The van der Waals surface area contributed by atoms with Crippen molar-refractivity contribution in [3.63, 3.8) is 0 Å². The lowest BCUT2D eigenvalue weighted by Crippen LogP contribution is -2.20. The van der Waals surface area contributed by atoms with Crippen LogP contribution in [0.4, 0.5) is 0 Å². The van der Waals surface area contributed by atoms with Crippen LogP contribution in [0.5, 0.6) is 5.75 Å². The number of ether oxygens (including phenoxy) is 1. The van der Waals surface area contributed by atoms with Crippen LogP contribution < -0.4 is 4.74 Å². The highest BCUT2D eigenvalue weighted by Crippen LogP contribution is 2.51. The summed E-state index contributed by atoms with van der Waals surface area (Å²) in [5.74, 6) is 1.71. The van der Waals surface area contributed by atoms with Crippen LogP contribution in [-0.4, -0.2) is 32.7 Å². The number of aliphatic carboxylic acids is 1. The van der Waals surface area contributed by atoms with E-state index in [9.17, 15) is 15.0 Å². The minimum absolute atomic E-state index is 0.0310. The van der Waals surface area contributed by atoms with Crippen LogP contribution in [0.25, 0.3) is 10.2 Å². The number of benzene rings is 2. The number of thioether (sulfide) groups is 1. The minimum Gasteiger partial charge on any atom is -0.487 e. The monoisotopic (exact) mass is 629 g/mol. The fraction of sp³-hybridized carbons (Fsp3) is 0.375. The van der Waals surface area contributed by atoms with Crippen molar-refractivity contribution < 1.29 is 19.7 Å². The van der Waals surface area contributed by atoms with Gasteiger partial charge in [-0.05, 0) is 79.4 Å². The van der Waals surface area contributed by atoms with Crippen molar-refractivity contribution in [3.8, 4) is 5.75 Å². The van der Waals surface area contributed by atoms with Gasteiger partial charge < -0.3 is 14.9 Å². The maximum absolute atomic E-state index is 11.3. The number of rotatable bonds is 13. The molecule has 1 aliphatic carbocycles. The zero-order chi connectivity index (χ0) is 29.2. The van der Waals surface area contributed by atoms with Crippen LogP contribution in [0.15, 0.2) is 60.7 Å². The van der Waals surface area contributed by atoms with Gasteiger partial charge in [0.2, 0.25) is 0 Å². The molecule has 1 aliphatic rings. The van der Waals surface area contributed by atoms with Gasteiger partial charge in [0.25, 0.3) is 0 Å². The first-order chi connectivity index (χ1) is 19.6. The first kappa shape index (κ1) is 30.2. The van der Waals surface area contributed by atoms with Gasteiger partial charge in [-0.25, -0.2) is 4.98 Å². The molecular weight excluding hydrogens is 597 g/mol. The molecule has 0 bridgehead atoms. The molecule has 216 valence electrons. The summed E-state index contributed by atoms with van der Waals surface area (Å²) in [6.07, 6.45) is 3.02. The number of carboxylic acid groups (broad SMARTS) is 1. The van der Waals surface area contributed by atoms with Crippen molar-refractivity contribution in [3.05, 3.63) is 92.4 Å². The Morgan fingerprint density at radius 1 is 1.10 bits per heavy atom. The van der Waals surface area contributed by atoms with E-state index in [1.165, 1.54) is 11.3 Å². The van der Waals surface area contributed by atoms with Gasteiger partial charge in [0, 0.05) is 11.5 Å². The lowest BCUT2D eigenvalue weighted by atomic mass is 9.81. The molecule has 0 saturated heterocycles. The van der Waals surface area contributed by atoms with E-state index in [0.717, 1.165) is 63.6 Å². The fourth-order valence-corrected chi connectivity index (χ4v) is 8.07. The van der Waals surface area contributed by atoms with Gasteiger partial charge in [0.1, 0.15) is 22.2 Å². The average molecular weight is 631 g/mol. The Hall–Kier alpha value is -2.29. The Bertz CT molecular complexity index is 1540. The van der Waals surface area contributed by atoms with Crippen molar-refractivity contribution >= 4 is 62.5 Å². The smallest absolute Gasteiger partial charge is 0.303 e. The molecule has 2 heterocycles. The largest absolute Gasteiger partial charge is 0.487 e. The standard InChI is InChI=1S/C32H33Cl2NO4S2/c1-31(2,38)24-9-5-3-7-22(24)21(13-16-40-19-32(14-15-32)17-27(36)37)23-8-4-6-10-25(23)39-18-20-11-12-26-29(35-20)28(33)30(34)41-26/h3-12,21,38H,13-19H2,1-2H3,(H,36,37)/t21-/m1/s1. The first-order valence-corrected chi connectivity index (χ1v) is 16.4. The van der Waals surface area contributed by atoms with E-state index in [4.69, 9.17) is 32.9 Å². The molecule has 1 atom stereocenters. The van der Waals surface area contributed by atoms with Gasteiger partial charge in [-0.3, -0.25) is 4.79 Å². The van der Waals surface area contributed by atoms with Gasteiger partial charge in [0.15, 0.2) is 0 Å². The fourth-order valence-electron chi connectivity index (χ4n) is 5.29. The third-order valence-electron chi connectivity index (χ3n) is 7.60. The van der Waals surface area contributed by atoms with E-state index < -0.39 is 11.6 Å². The highest BCUT2D eigenvalue weighted by molar-refractivity contribution is 7.99. The Labute approximate surface area is 258 Å². The molecule has 1 fully saturated rings. The number of aliphatic hydroxyl groups is 1. The second-order valence-corrected chi connectivity index (χ2v) is 14.4. The van der Waals surface area contributed by atoms with Crippen molar-refractivity contribution in [1.29, 1.82) is 0 Å². The summed E-state index contributed by atoms with van der Waals surface area (Å²) >= 11 is 15.8. The summed E-state index contributed by atoms with van der Waals surface area (Å²) in [5, 5.41) is 20.8. The SMILES string of the molecule is CC(C)(O)c1ccccc1[C@@H](CCSCC1(CC(=O)O)CC1)c1ccccc1OCc1ccc2sc(Cl)c(Cl)c2n1. The number of hydrogen-bond acceptors (Lipinski definition) is 6. The van der Waals surface area contributed by atoms with Crippen LogP contribution in [0, 0.1) is 5.41 Å². The number of hydrogen-bond donors (Lipinski definition) is 2. The third-order valence-corrected chi connectivity index (χ3v) is 10.9. The molecule has 0 radical (unpaired) electrons. The van der Waals surface area contributed by atoms with Gasteiger partial charge in [-0.1, -0.05) is 65.7 Å². The highest BCUT2D eigenvalue weighted by Gasteiger charge is 2.44. The predicted molar refractivity (Wildman–Crippen MR) is 170 cm³/mol. The number of nitrogens with zero attached hydrogens (tertiary/aromatic N) is 1. The van der Waals surface area contributed by atoms with Crippen LogP contribution in [-0.2, 0) is 17.0 Å². The van der Waals surface area contributed by atoms with Crippen LogP contribution in [0.2, 0.25) is 9.36 Å². The van der Waals surface area contributed by atoms with Gasteiger partial charge in [-0.2, -0.15) is 11.8 Å². The maximum atomic E-state index is 11.3. The Kier molecular flexibility index (Phi) is 9.22. The predicted octanol–water partition coefficient (Wildman–Crippen LogP) is 8.92. The number of halogens is 2. The molecule has 5 nitrogen and oxygen atoms in total. The molecule has 0 unspecified atom stereocenters. The van der Waals surface area contributed by atoms with Crippen molar-refractivity contribution in [1.82, 2.24) is 4.98 Å². The number of fused-ring (bicyclic) bond motifs is 1. The van der Waals surface area contributed by atoms with Crippen LogP contribution in [0.1, 0.15) is 67.8 Å². The van der Waals surface area contributed by atoms with Gasteiger partial charge in [0.05, 0.1) is 27.4 Å². The quantitative estimate of drug-likeness (QED) is 0.144. The highest BCUT2D eigenvalue weighted by atomic mass is 35.5. The Morgan fingerprint density at radius 3 is 2.51 bits per heavy atom. The topological polar surface area (TPSA) is 79.7 Å². The van der Waals surface area contributed by atoms with Crippen molar-refractivity contribution in [2.75, 3.05) is 11.5 Å². The molecule has 4 aromatic rings. The number of para-hydroxylation sites is 1. The van der Waals surface area contributed by atoms with Crippen LogP contribution in [0.3, 0.4) is 0 Å². The summed E-state index contributed by atoms with van der Waals surface area (Å²) in [6, 6.07) is 20.0. The summed E-state index contributed by atoms with van der Waals surface area (Å²) in [5.41, 5.74) is 3.34. The lowest BCUT2D eigenvalue weighted by molar-refractivity contribution is -0.138. The zero-order valence-electron chi connectivity index (χ0n) is 23.0. The Morgan fingerprint density at radius 2 is 1.80 bits per heavy atom. The van der Waals surface area contributed by atoms with E-state index in [0.29, 0.717) is 14.9 Å². The lowest BCUT2D eigenvalue weighted by Gasteiger charge is -2.28. The third kappa shape index (κ3) is 7.20. The number of carbonyl (C=O) groups is 1. The second-order valence-electron chi connectivity index (χ2n) is 11.3. The average Bonchev–Trinajstić information content (AvgIpc) is 3.63. The molecule has 41 heavy (non-hydrogen) atoms. The molecule has 9 heteroatoms.